The Hall–Kier alpha value is -1.55. The Labute approximate surface area is 108 Å². The van der Waals surface area contributed by atoms with Crippen LogP contribution < -0.4 is 10.1 Å². The second-order valence-corrected chi connectivity index (χ2v) is 4.06. The number of benzene rings is 1. The van der Waals surface area contributed by atoms with Gasteiger partial charge in [0.1, 0.15) is 5.75 Å². The maximum atomic E-state index is 11.8. The van der Waals surface area contributed by atoms with E-state index in [1.165, 1.54) is 0 Å². The number of ether oxygens (including phenoxy) is 2. The Morgan fingerprint density at radius 2 is 2.00 bits per heavy atom. The third-order valence-corrected chi connectivity index (χ3v) is 2.71. The number of carbonyl (C=O) groups is 1. The molecule has 18 heavy (non-hydrogen) atoms. The SMILES string of the molecule is CCOC(=O)[C@@H](CNC)Cc1ccc(OC)cc1. The first-order valence-corrected chi connectivity index (χ1v) is 6.15. The molecule has 0 heterocycles. The minimum atomic E-state index is -0.150. The largest absolute Gasteiger partial charge is 0.497 e. The van der Waals surface area contributed by atoms with Gasteiger partial charge in [-0.15, -0.1) is 0 Å². The van der Waals surface area contributed by atoms with E-state index in [1.54, 1.807) is 7.11 Å². The van der Waals surface area contributed by atoms with Crippen molar-refractivity contribution in [3.63, 3.8) is 0 Å². The van der Waals surface area contributed by atoms with Gasteiger partial charge in [0, 0.05) is 6.54 Å². The molecule has 0 unspecified atom stereocenters. The Kier molecular flexibility index (Phi) is 6.22. The molecule has 0 radical (unpaired) electrons. The van der Waals surface area contributed by atoms with Crippen molar-refractivity contribution < 1.29 is 14.3 Å². The molecule has 100 valence electrons. The molecule has 1 atom stereocenters. The fourth-order valence-electron chi connectivity index (χ4n) is 1.79. The number of hydrogen-bond acceptors (Lipinski definition) is 4. The van der Waals surface area contributed by atoms with E-state index < -0.39 is 0 Å². The van der Waals surface area contributed by atoms with Gasteiger partial charge in [0.05, 0.1) is 19.6 Å². The van der Waals surface area contributed by atoms with Crippen LogP contribution in [0.4, 0.5) is 0 Å². The van der Waals surface area contributed by atoms with E-state index in [0.29, 0.717) is 19.6 Å². The smallest absolute Gasteiger partial charge is 0.310 e. The van der Waals surface area contributed by atoms with Gasteiger partial charge in [-0.25, -0.2) is 0 Å². The van der Waals surface area contributed by atoms with Crippen LogP contribution in [0.1, 0.15) is 12.5 Å². The molecular formula is C14H21NO3. The highest BCUT2D eigenvalue weighted by molar-refractivity contribution is 5.73. The Balaban J connectivity index is 2.66. The number of methoxy groups -OCH3 is 1. The van der Waals surface area contributed by atoms with Crippen molar-refractivity contribution in [2.75, 3.05) is 27.3 Å². The summed E-state index contributed by atoms with van der Waals surface area (Å²) in [4.78, 5) is 11.8. The van der Waals surface area contributed by atoms with Gasteiger partial charge in [-0.3, -0.25) is 4.79 Å². The lowest BCUT2D eigenvalue weighted by Crippen LogP contribution is -2.29. The van der Waals surface area contributed by atoms with Crippen molar-refractivity contribution in [3.05, 3.63) is 29.8 Å². The highest BCUT2D eigenvalue weighted by atomic mass is 16.5. The molecule has 1 aromatic carbocycles. The highest BCUT2D eigenvalue weighted by Gasteiger charge is 2.19. The lowest BCUT2D eigenvalue weighted by Gasteiger charge is -2.15. The number of carbonyl (C=O) groups excluding carboxylic acids is 1. The van der Waals surface area contributed by atoms with Crippen molar-refractivity contribution in [2.24, 2.45) is 5.92 Å². The molecule has 0 spiro atoms. The summed E-state index contributed by atoms with van der Waals surface area (Å²) in [5.41, 5.74) is 1.10. The first-order chi connectivity index (χ1) is 8.71. The van der Waals surface area contributed by atoms with Crippen molar-refractivity contribution in [2.45, 2.75) is 13.3 Å². The van der Waals surface area contributed by atoms with Crippen LogP contribution >= 0.6 is 0 Å². The summed E-state index contributed by atoms with van der Waals surface area (Å²) in [7, 11) is 3.47. The van der Waals surface area contributed by atoms with Crippen LogP contribution in [0.25, 0.3) is 0 Å². The molecule has 0 aliphatic heterocycles. The molecule has 0 aliphatic rings. The predicted molar refractivity (Wildman–Crippen MR) is 70.7 cm³/mol. The van der Waals surface area contributed by atoms with Crippen molar-refractivity contribution in [1.29, 1.82) is 0 Å². The standard InChI is InChI=1S/C14H21NO3/c1-4-18-14(16)12(10-15-2)9-11-5-7-13(17-3)8-6-11/h5-8,12,15H,4,9-10H2,1-3H3/t12-/m1/s1. The quantitative estimate of drug-likeness (QED) is 0.748. The number of rotatable bonds is 7. The van der Waals surface area contributed by atoms with Crippen LogP contribution in [0.15, 0.2) is 24.3 Å². The zero-order chi connectivity index (χ0) is 13.4. The number of esters is 1. The highest BCUT2D eigenvalue weighted by Crippen LogP contribution is 2.15. The van der Waals surface area contributed by atoms with Crippen LogP contribution in [0.5, 0.6) is 5.75 Å². The average molecular weight is 251 g/mol. The number of hydrogen-bond donors (Lipinski definition) is 1. The molecule has 4 nitrogen and oxygen atoms in total. The first-order valence-electron chi connectivity index (χ1n) is 6.15. The zero-order valence-electron chi connectivity index (χ0n) is 11.2. The molecule has 0 bridgehead atoms. The van der Waals surface area contributed by atoms with E-state index in [1.807, 2.05) is 38.2 Å². The van der Waals surface area contributed by atoms with Crippen molar-refractivity contribution >= 4 is 5.97 Å². The number of nitrogens with one attached hydrogen (secondary N) is 1. The van der Waals surface area contributed by atoms with Gasteiger partial charge in [-0.2, -0.15) is 0 Å². The maximum Gasteiger partial charge on any atom is 0.310 e. The molecule has 1 rings (SSSR count). The van der Waals surface area contributed by atoms with Crippen LogP contribution in [-0.2, 0) is 16.0 Å². The lowest BCUT2D eigenvalue weighted by atomic mass is 9.99. The van der Waals surface area contributed by atoms with Crippen LogP contribution in [0, 0.1) is 5.92 Å². The molecule has 0 aliphatic carbocycles. The molecule has 4 heteroatoms. The Morgan fingerprint density at radius 3 is 2.50 bits per heavy atom. The van der Waals surface area contributed by atoms with Gasteiger partial charge < -0.3 is 14.8 Å². The molecule has 0 fully saturated rings. The molecular weight excluding hydrogens is 230 g/mol. The molecule has 1 N–H and O–H groups in total. The zero-order valence-corrected chi connectivity index (χ0v) is 11.2. The van der Waals surface area contributed by atoms with E-state index in [9.17, 15) is 4.79 Å². The third kappa shape index (κ3) is 4.37. The second kappa shape index (κ2) is 7.71. The summed E-state index contributed by atoms with van der Waals surface area (Å²) in [6.07, 6.45) is 0.670. The molecule has 0 aromatic heterocycles. The molecule has 0 amide bonds. The van der Waals surface area contributed by atoms with E-state index in [2.05, 4.69) is 5.32 Å². The van der Waals surface area contributed by atoms with E-state index >= 15 is 0 Å². The summed E-state index contributed by atoms with van der Waals surface area (Å²) in [6, 6.07) is 7.75. The van der Waals surface area contributed by atoms with Crippen LogP contribution in [0.3, 0.4) is 0 Å². The van der Waals surface area contributed by atoms with Crippen molar-refractivity contribution in [1.82, 2.24) is 5.32 Å². The third-order valence-electron chi connectivity index (χ3n) is 2.71. The molecule has 1 aromatic rings. The minimum absolute atomic E-state index is 0.150. The van der Waals surface area contributed by atoms with Gasteiger partial charge in [-0.05, 0) is 38.1 Å². The van der Waals surface area contributed by atoms with Gasteiger partial charge in [0.2, 0.25) is 0 Å². The predicted octanol–water partition coefficient (Wildman–Crippen LogP) is 1.64. The Morgan fingerprint density at radius 1 is 1.33 bits per heavy atom. The summed E-state index contributed by atoms with van der Waals surface area (Å²) in [5, 5.41) is 3.02. The molecule has 0 saturated carbocycles. The lowest BCUT2D eigenvalue weighted by molar-refractivity contribution is -0.147. The molecule has 0 saturated heterocycles. The fourth-order valence-corrected chi connectivity index (χ4v) is 1.79. The summed E-state index contributed by atoms with van der Waals surface area (Å²) >= 11 is 0. The van der Waals surface area contributed by atoms with Gasteiger partial charge in [0.15, 0.2) is 0 Å². The Bertz CT molecular complexity index is 362. The summed E-state index contributed by atoms with van der Waals surface area (Å²) < 4.78 is 10.2. The van der Waals surface area contributed by atoms with E-state index in [0.717, 1.165) is 11.3 Å². The average Bonchev–Trinajstić information content (AvgIpc) is 2.39. The van der Waals surface area contributed by atoms with Gasteiger partial charge in [-0.1, -0.05) is 12.1 Å². The first kappa shape index (κ1) is 14.5. The van der Waals surface area contributed by atoms with Crippen LogP contribution in [-0.4, -0.2) is 33.3 Å². The topological polar surface area (TPSA) is 47.6 Å². The van der Waals surface area contributed by atoms with Crippen LogP contribution in [0.2, 0.25) is 0 Å². The van der Waals surface area contributed by atoms with Gasteiger partial charge >= 0.3 is 5.97 Å². The fraction of sp³-hybridized carbons (Fsp3) is 0.500. The van der Waals surface area contributed by atoms with Crippen molar-refractivity contribution in [3.8, 4) is 5.75 Å². The van der Waals surface area contributed by atoms with E-state index in [4.69, 9.17) is 9.47 Å². The minimum Gasteiger partial charge on any atom is -0.497 e. The second-order valence-electron chi connectivity index (χ2n) is 4.06. The summed E-state index contributed by atoms with van der Waals surface area (Å²) in [5.74, 6) is 0.520. The monoisotopic (exact) mass is 251 g/mol. The summed E-state index contributed by atoms with van der Waals surface area (Å²) in [6.45, 7) is 2.86. The maximum absolute atomic E-state index is 11.8. The normalized spacial score (nSPS) is 11.9. The van der Waals surface area contributed by atoms with E-state index in [-0.39, 0.29) is 11.9 Å². The van der Waals surface area contributed by atoms with Gasteiger partial charge in [0.25, 0.3) is 0 Å².